The third-order valence-electron chi connectivity index (χ3n) is 9.29. The maximum Gasteiger partial charge on any atom is 0.305 e. The van der Waals surface area contributed by atoms with Crippen LogP contribution in [0.5, 0.6) is 0 Å². The zero-order chi connectivity index (χ0) is 34.3. The number of hydrogen-bond donors (Lipinski definition) is 1. The second-order valence-corrected chi connectivity index (χ2v) is 14.0. The van der Waals surface area contributed by atoms with Gasteiger partial charge in [0.2, 0.25) is 5.91 Å². The number of rotatable bonds is 39. The largest absolute Gasteiger partial charge is 0.463 e. The van der Waals surface area contributed by atoms with E-state index in [4.69, 9.17) is 14.2 Å². The smallest absolute Gasteiger partial charge is 0.305 e. The van der Waals surface area contributed by atoms with E-state index in [1.54, 1.807) is 7.05 Å². The van der Waals surface area contributed by atoms with Crippen LogP contribution in [0.1, 0.15) is 213 Å². The Balaban J connectivity index is 3.96. The highest BCUT2D eigenvalue weighted by molar-refractivity contribution is 5.76. The molecule has 0 saturated carbocycles. The standard InChI is InChI=1S/C41H81NO5/c1-4-6-8-10-12-14-16-18-20-22-24-26-28-30-35-45-37-39(38-47-41(44)34-32-33-40(43)42-3)46-36-31-29-27-25-23-21-19-17-15-13-11-9-7-5-2/h39H,4-38H2,1-3H3,(H,42,43)/t39-/m1/s1. The molecule has 0 bridgehead atoms. The average molecular weight is 668 g/mol. The maximum atomic E-state index is 12.2. The van der Waals surface area contributed by atoms with Crippen molar-refractivity contribution < 1.29 is 23.8 Å². The molecule has 0 aromatic heterocycles. The van der Waals surface area contributed by atoms with E-state index in [1.807, 2.05) is 0 Å². The Morgan fingerprint density at radius 2 is 0.851 bits per heavy atom. The number of hydrogen-bond acceptors (Lipinski definition) is 5. The van der Waals surface area contributed by atoms with Gasteiger partial charge in [0.05, 0.1) is 6.61 Å². The van der Waals surface area contributed by atoms with Gasteiger partial charge in [-0.2, -0.15) is 0 Å². The van der Waals surface area contributed by atoms with Gasteiger partial charge in [0.15, 0.2) is 0 Å². The van der Waals surface area contributed by atoms with Crippen LogP contribution < -0.4 is 5.32 Å². The lowest BCUT2D eigenvalue weighted by Gasteiger charge is -2.18. The van der Waals surface area contributed by atoms with Gasteiger partial charge in [-0.25, -0.2) is 0 Å². The summed E-state index contributed by atoms with van der Waals surface area (Å²) in [6.07, 6.45) is 38.4. The van der Waals surface area contributed by atoms with Gasteiger partial charge in [0.25, 0.3) is 0 Å². The number of unbranched alkanes of at least 4 members (excludes halogenated alkanes) is 26. The highest BCUT2D eigenvalue weighted by atomic mass is 16.6. The quantitative estimate of drug-likeness (QED) is 0.0521. The first-order valence-electron chi connectivity index (χ1n) is 20.7. The topological polar surface area (TPSA) is 73.9 Å². The van der Waals surface area contributed by atoms with Crippen molar-refractivity contribution >= 4 is 11.9 Å². The van der Waals surface area contributed by atoms with Crippen LogP contribution in [0.25, 0.3) is 0 Å². The number of esters is 1. The number of carbonyl (C=O) groups is 2. The monoisotopic (exact) mass is 668 g/mol. The molecule has 0 fully saturated rings. The molecule has 6 heteroatoms. The molecule has 280 valence electrons. The summed E-state index contributed by atoms with van der Waals surface area (Å²) in [5.41, 5.74) is 0. The van der Waals surface area contributed by atoms with E-state index in [9.17, 15) is 9.59 Å². The molecule has 0 saturated heterocycles. The van der Waals surface area contributed by atoms with Gasteiger partial charge in [0.1, 0.15) is 12.7 Å². The van der Waals surface area contributed by atoms with Crippen LogP contribution in [0.2, 0.25) is 0 Å². The normalized spacial score (nSPS) is 12.0. The fourth-order valence-corrected chi connectivity index (χ4v) is 6.08. The maximum absolute atomic E-state index is 12.2. The number of carbonyl (C=O) groups excluding carboxylic acids is 2. The molecule has 6 nitrogen and oxygen atoms in total. The predicted octanol–water partition coefficient (Wildman–Crippen LogP) is 11.8. The van der Waals surface area contributed by atoms with Crippen LogP contribution >= 0.6 is 0 Å². The first-order valence-corrected chi connectivity index (χ1v) is 20.7. The van der Waals surface area contributed by atoms with Crippen LogP contribution in [0.3, 0.4) is 0 Å². The minimum absolute atomic E-state index is 0.0518. The minimum Gasteiger partial charge on any atom is -0.463 e. The van der Waals surface area contributed by atoms with Crippen LogP contribution in [0.15, 0.2) is 0 Å². The molecule has 0 aliphatic heterocycles. The molecule has 0 aromatic rings. The van der Waals surface area contributed by atoms with Crippen LogP contribution in [0, 0.1) is 0 Å². The molecule has 47 heavy (non-hydrogen) atoms. The summed E-state index contributed by atoms with van der Waals surface area (Å²) in [7, 11) is 1.61. The molecule has 0 aromatic carbocycles. The van der Waals surface area contributed by atoms with Gasteiger partial charge in [-0.1, -0.05) is 181 Å². The molecule has 0 unspecified atom stereocenters. The van der Waals surface area contributed by atoms with Crippen molar-refractivity contribution in [3.05, 3.63) is 0 Å². The molecule has 1 amide bonds. The van der Waals surface area contributed by atoms with E-state index in [-0.39, 0.29) is 31.0 Å². The Morgan fingerprint density at radius 3 is 1.26 bits per heavy atom. The number of amides is 1. The molecule has 1 atom stereocenters. The van der Waals surface area contributed by atoms with E-state index in [0.29, 0.717) is 26.1 Å². The molecule has 0 radical (unpaired) electrons. The van der Waals surface area contributed by atoms with Crippen molar-refractivity contribution in [2.24, 2.45) is 0 Å². The Labute approximate surface area is 293 Å². The highest BCUT2D eigenvalue weighted by Crippen LogP contribution is 2.15. The third kappa shape index (κ3) is 37.5. The Kier molecular flexibility index (Phi) is 38.3. The molecule has 0 aliphatic rings. The highest BCUT2D eigenvalue weighted by Gasteiger charge is 2.14. The number of nitrogens with one attached hydrogen (secondary N) is 1. The van der Waals surface area contributed by atoms with Crippen molar-refractivity contribution in [1.29, 1.82) is 0 Å². The van der Waals surface area contributed by atoms with E-state index in [2.05, 4.69) is 19.2 Å². The predicted molar refractivity (Wildman–Crippen MR) is 200 cm³/mol. The lowest BCUT2D eigenvalue weighted by Crippen LogP contribution is -2.28. The van der Waals surface area contributed by atoms with Gasteiger partial charge in [-0.3, -0.25) is 9.59 Å². The van der Waals surface area contributed by atoms with Gasteiger partial charge < -0.3 is 19.5 Å². The lowest BCUT2D eigenvalue weighted by molar-refractivity contribution is -0.150. The Morgan fingerprint density at radius 1 is 0.468 bits per heavy atom. The van der Waals surface area contributed by atoms with Crippen molar-refractivity contribution in [1.82, 2.24) is 5.32 Å². The van der Waals surface area contributed by atoms with Crippen LogP contribution in [0.4, 0.5) is 0 Å². The Hall–Kier alpha value is -1.14. The van der Waals surface area contributed by atoms with Crippen molar-refractivity contribution in [2.45, 2.75) is 219 Å². The first kappa shape index (κ1) is 45.9. The summed E-state index contributed by atoms with van der Waals surface area (Å²) in [6.45, 7) is 6.65. The molecule has 0 aliphatic carbocycles. The molecular weight excluding hydrogens is 586 g/mol. The van der Waals surface area contributed by atoms with E-state index >= 15 is 0 Å². The fourth-order valence-electron chi connectivity index (χ4n) is 6.08. The lowest BCUT2D eigenvalue weighted by atomic mass is 10.0. The second kappa shape index (κ2) is 39.3. The Bertz CT molecular complexity index is 643. The van der Waals surface area contributed by atoms with Crippen molar-refractivity contribution in [2.75, 3.05) is 33.5 Å². The van der Waals surface area contributed by atoms with Crippen molar-refractivity contribution in [3.63, 3.8) is 0 Å². The van der Waals surface area contributed by atoms with Crippen LogP contribution in [-0.4, -0.2) is 51.5 Å². The zero-order valence-corrected chi connectivity index (χ0v) is 31.9. The summed E-state index contributed by atoms with van der Waals surface area (Å²) in [4.78, 5) is 23.6. The van der Waals surface area contributed by atoms with Gasteiger partial charge in [-0.15, -0.1) is 0 Å². The average Bonchev–Trinajstić information content (AvgIpc) is 3.08. The molecule has 0 rings (SSSR count). The SMILES string of the molecule is CCCCCCCCCCCCCCCCOC[C@H](COC(=O)CCCC(=O)NC)OCCCCCCCCCCCCCCCC. The summed E-state index contributed by atoms with van der Waals surface area (Å²) in [5, 5.41) is 2.59. The third-order valence-corrected chi connectivity index (χ3v) is 9.29. The first-order chi connectivity index (χ1) is 23.1. The van der Waals surface area contributed by atoms with E-state index < -0.39 is 0 Å². The summed E-state index contributed by atoms with van der Waals surface area (Å²) >= 11 is 0. The van der Waals surface area contributed by atoms with Crippen LogP contribution in [-0.2, 0) is 23.8 Å². The fraction of sp³-hybridized carbons (Fsp3) is 0.951. The molecular formula is C41H81NO5. The minimum atomic E-state index is -0.272. The summed E-state index contributed by atoms with van der Waals surface area (Å²) in [6, 6.07) is 0. The molecule has 0 spiro atoms. The van der Waals surface area contributed by atoms with Crippen molar-refractivity contribution in [3.8, 4) is 0 Å². The second-order valence-electron chi connectivity index (χ2n) is 14.0. The number of ether oxygens (including phenoxy) is 3. The van der Waals surface area contributed by atoms with E-state index in [1.165, 1.54) is 167 Å². The van der Waals surface area contributed by atoms with Gasteiger partial charge in [0, 0.05) is 33.1 Å². The molecule has 0 heterocycles. The van der Waals surface area contributed by atoms with Gasteiger partial charge in [-0.05, 0) is 19.3 Å². The van der Waals surface area contributed by atoms with Gasteiger partial charge >= 0.3 is 5.97 Å². The summed E-state index contributed by atoms with van der Waals surface area (Å²) in [5.74, 6) is -0.324. The zero-order valence-electron chi connectivity index (χ0n) is 31.9. The van der Waals surface area contributed by atoms with E-state index in [0.717, 1.165) is 19.4 Å². The summed E-state index contributed by atoms with van der Waals surface area (Å²) < 4.78 is 17.6. The molecule has 1 N–H and O–H groups in total.